The Balaban J connectivity index is 2.04. The van der Waals surface area contributed by atoms with Crippen molar-refractivity contribution in [3.63, 3.8) is 0 Å². The van der Waals surface area contributed by atoms with Crippen LogP contribution < -0.4 is 10.6 Å². The van der Waals surface area contributed by atoms with E-state index in [1.54, 1.807) is 12.1 Å². The van der Waals surface area contributed by atoms with Gasteiger partial charge < -0.3 is 15.1 Å². The largest absolute Gasteiger partial charge is 0.354 e. The van der Waals surface area contributed by atoms with Gasteiger partial charge in [0.15, 0.2) is 5.11 Å². The normalized spacial score (nSPS) is 12.9. The first kappa shape index (κ1) is 24.2. The second-order valence-electron chi connectivity index (χ2n) is 9.22. The number of nitrogens with one attached hydrogen (secondary N) is 2. The van der Waals surface area contributed by atoms with Gasteiger partial charge in [-0.15, -0.1) is 0 Å². The molecule has 0 radical (unpaired) electrons. The zero-order valence-corrected chi connectivity index (χ0v) is 20.5. The summed E-state index contributed by atoms with van der Waals surface area (Å²) in [5.74, 6) is 0. The van der Waals surface area contributed by atoms with Crippen LogP contribution in [-0.2, 0) is 6.54 Å². The van der Waals surface area contributed by atoms with E-state index in [0.717, 1.165) is 27.7 Å². The van der Waals surface area contributed by atoms with E-state index in [1.165, 1.54) is 17.7 Å². The summed E-state index contributed by atoms with van der Waals surface area (Å²) in [6, 6.07) is 14.8. The van der Waals surface area contributed by atoms with Crippen molar-refractivity contribution in [2.45, 2.75) is 33.4 Å². The van der Waals surface area contributed by atoms with Gasteiger partial charge >= 0.3 is 0 Å². The fourth-order valence-electron chi connectivity index (χ4n) is 3.17. The van der Waals surface area contributed by atoms with Gasteiger partial charge in [-0.2, -0.15) is 0 Å². The fraction of sp³-hybridized carbons (Fsp3) is 0.409. The lowest BCUT2D eigenvalue weighted by atomic mass is 9.86. The quantitative estimate of drug-likeness (QED) is 0.236. The number of nitro groups is 1. The number of likely N-dealkylation sites (N-methyl/N-ethyl adjacent to an activating group) is 1. The third-order valence-corrected chi connectivity index (χ3v) is 5.64. The van der Waals surface area contributed by atoms with E-state index in [2.05, 4.69) is 85.7 Å². The lowest BCUT2D eigenvalue weighted by Crippen LogP contribution is -2.56. The summed E-state index contributed by atoms with van der Waals surface area (Å²) in [7, 11) is 4.44. The van der Waals surface area contributed by atoms with E-state index in [1.807, 2.05) is 0 Å². The summed E-state index contributed by atoms with van der Waals surface area (Å²) in [6.45, 7) is 8.36. The molecule has 0 saturated heterocycles. The minimum absolute atomic E-state index is 0.0174. The highest BCUT2D eigenvalue weighted by Gasteiger charge is 2.32. The number of non-ortho nitro benzene ring substituents is 1. The summed E-state index contributed by atoms with van der Waals surface area (Å²) >= 11 is 9.02. The third-order valence-electron chi connectivity index (χ3n) is 4.89. The first-order chi connectivity index (χ1) is 13.9. The number of nitrogens with zero attached hydrogens (tertiary/aromatic N) is 2. The summed E-state index contributed by atoms with van der Waals surface area (Å²) < 4.78 is 1.88. The second kappa shape index (κ2) is 9.85. The van der Waals surface area contributed by atoms with Gasteiger partial charge in [0, 0.05) is 27.9 Å². The zero-order valence-electron chi connectivity index (χ0n) is 18.1. The monoisotopic (exact) mass is 493 g/mol. The molecule has 2 aromatic carbocycles. The Hall–Kier alpha value is -2.03. The number of hydrogen-bond donors (Lipinski definition) is 2. The van der Waals surface area contributed by atoms with Crippen molar-refractivity contribution in [3.8, 4) is 0 Å². The molecule has 0 unspecified atom stereocenters. The minimum atomic E-state index is -0.415. The number of thiocarbonyl (C=S) groups is 1. The Morgan fingerprint density at radius 3 is 2.20 bits per heavy atom. The van der Waals surface area contributed by atoms with Crippen LogP contribution in [0.25, 0.3) is 0 Å². The van der Waals surface area contributed by atoms with Crippen molar-refractivity contribution < 1.29 is 9.41 Å². The fourth-order valence-corrected chi connectivity index (χ4v) is 3.70. The lowest BCUT2D eigenvalue weighted by Gasteiger charge is -2.39. The maximum Gasteiger partial charge on any atom is 0.269 e. The average molecular weight is 494 g/mol. The lowest BCUT2D eigenvalue weighted by molar-refractivity contribution is -0.905. The van der Waals surface area contributed by atoms with Gasteiger partial charge in [-0.05, 0) is 41.9 Å². The molecular weight excluding hydrogens is 464 g/mol. The smallest absolute Gasteiger partial charge is 0.269 e. The standard InChI is InChI=1S/C22H29BrN4O2S/c1-22(2,3)20(15-27(4,5)14-16-6-8-17(23)9-7-16)25-21(30)24-18-10-12-19(13-11-18)26(28)29/h6-13,20H,14-15H2,1-5H3,(H-,24,25,30)/p+1/t20-/m1/s1. The van der Waals surface area contributed by atoms with Gasteiger partial charge in [-0.25, -0.2) is 0 Å². The minimum Gasteiger partial charge on any atom is -0.354 e. The topological polar surface area (TPSA) is 67.2 Å². The Bertz CT molecular complexity index is 878. The molecule has 2 rings (SSSR count). The molecule has 0 spiro atoms. The molecule has 0 aliphatic rings. The summed E-state index contributed by atoms with van der Waals surface area (Å²) in [5.41, 5.74) is 2.03. The number of quaternary nitrogens is 1. The molecule has 2 N–H and O–H groups in total. The molecule has 0 aromatic heterocycles. The molecule has 0 aliphatic heterocycles. The van der Waals surface area contributed by atoms with Gasteiger partial charge in [0.1, 0.15) is 6.54 Å². The molecule has 0 amide bonds. The van der Waals surface area contributed by atoms with Crippen molar-refractivity contribution in [2.24, 2.45) is 5.41 Å². The highest BCUT2D eigenvalue weighted by atomic mass is 79.9. The molecule has 0 fully saturated rings. The maximum absolute atomic E-state index is 10.8. The van der Waals surface area contributed by atoms with Gasteiger partial charge in [-0.1, -0.05) is 48.8 Å². The van der Waals surface area contributed by atoms with Crippen LogP contribution in [0.15, 0.2) is 53.0 Å². The molecule has 0 bridgehead atoms. The molecule has 0 heterocycles. The molecule has 162 valence electrons. The molecule has 6 nitrogen and oxygen atoms in total. The van der Waals surface area contributed by atoms with Crippen LogP contribution in [0.1, 0.15) is 26.3 Å². The number of benzene rings is 2. The van der Waals surface area contributed by atoms with E-state index >= 15 is 0 Å². The Kier molecular flexibility index (Phi) is 7.96. The Morgan fingerprint density at radius 1 is 1.13 bits per heavy atom. The van der Waals surface area contributed by atoms with Gasteiger partial charge in [0.05, 0.1) is 31.6 Å². The number of halogens is 1. The predicted octanol–water partition coefficient (Wildman–Crippen LogP) is 5.34. The van der Waals surface area contributed by atoms with Crippen LogP contribution in [0, 0.1) is 15.5 Å². The van der Waals surface area contributed by atoms with E-state index in [-0.39, 0.29) is 17.1 Å². The summed E-state index contributed by atoms with van der Waals surface area (Å²) in [5, 5.41) is 17.9. The highest BCUT2D eigenvalue weighted by Crippen LogP contribution is 2.24. The molecule has 30 heavy (non-hydrogen) atoms. The van der Waals surface area contributed by atoms with Crippen LogP contribution in [0.5, 0.6) is 0 Å². The van der Waals surface area contributed by atoms with Crippen molar-refractivity contribution in [3.05, 3.63) is 68.7 Å². The van der Waals surface area contributed by atoms with Crippen LogP contribution in [-0.4, -0.2) is 41.2 Å². The van der Waals surface area contributed by atoms with Crippen LogP contribution in [0.2, 0.25) is 0 Å². The van der Waals surface area contributed by atoms with Crippen molar-refractivity contribution in [2.75, 3.05) is 26.0 Å². The second-order valence-corrected chi connectivity index (χ2v) is 10.5. The van der Waals surface area contributed by atoms with E-state index in [0.29, 0.717) is 5.11 Å². The van der Waals surface area contributed by atoms with E-state index in [4.69, 9.17) is 12.2 Å². The first-order valence-electron chi connectivity index (χ1n) is 9.74. The SMILES string of the molecule is CC(C)(C)[C@@H](C[N+](C)(C)Cc1ccc(Br)cc1)NC(=S)Nc1ccc([N+](=O)[O-])cc1. The zero-order chi connectivity index (χ0) is 22.5. The molecule has 1 atom stereocenters. The molecule has 8 heteroatoms. The van der Waals surface area contributed by atoms with Crippen molar-refractivity contribution >= 4 is 44.6 Å². The molecule has 0 saturated carbocycles. The number of rotatable bonds is 7. The van der Waals surface area contributed by atoms with Crippen molar-refractivity contribution in [1.29, 1.82) is 0 Å². The maximum atomic E-state index is 10.8. The third kappa shape index (κ3) is 7.66. The van der Waals surface area contributed by atoms with E-state index in [9.17, 15) is 10.1 Å². The summed E-state index contributed by atoms with van der Waals surface area (Å²) in [4.78, 5) is 10.4. The highest BCUT2D eigenvalue weighted by molar-refractivity contribution is 9.10. The summed E-state index contributed by atoms with van der Waals surface area (Å²) in [6.07, 6.45) is 0. The molecular formula is C22H30BrN4O2S+. The average Bonchev–Trinajstić information content (AvgIpc) is 2.62. The van der Waals surface area contributed by atoms with Gasteiger partial charge in [-0.3, -0.25) is 10.1 Å². The van der Waals surface area contributed by atoms with Crippen LogP contribution in [0.4, 0.5) is 11.4 Å². The predicted molar refractivity (Wildman–Crippen MR) is 131 cm³/mol. The van der Waals surface area contributed by atoms with Gasteiger partial charge in [0.25, 0.3) is 5.69 Å². The number of anilines is 1. The first-order valence-corrected chi connectivity index (χ1v) is 10.9. The Morgan fingerprint density at radius 2 is 1.70 bits per heavy atom. The Labute approximate surface area is 192 Å². The van der Waals surface area contributed by atoms with Crippen LogP contribution in [0.3, 0.4) is 0 Å². The van der Waals surface area contributed by atoms with E-state index < -0.39 is 4.92 Å². The molecule has 2 aromatic rings. The number of nitro benzene ring substituents is 1. The van der Waals surface area contributed by atoms with Crippen LogP contribution >= 0.6 is 28.1 Å². The van der Waals surface area contributed by atoms with Crippen molar-refractivity contribution in [1.82, 2.24) is 5.32 Å². The van der Waals surface area contributed by atoms with Gasteiger partial charge in [0.2, 0.25) is 0 Å². The number of hydrogen-bond acceptors (Lipinski definition) is 3. The molecule has 0 aliphatic carbocycles.